The molecule has 94 valence electrons. The van der Waals surface area contributed by atoms with Crippen LogP contribution in [0.25, 0.3) is 0 Å². The third kappa shape index (κ3) is 4.06. The summed E-state index contributed by atoms with van der Waals surface area (Å²) in [6, 6.07) is 3.82. The summed E-state index contributed by atoms with van der Waals surface area (Å²) in [4.78, 5) is 11.4. The van der Waals surface area contributed by atoms with E-state index in [0.717, 1.165) is 6.07 Å². The summed E-state index contributed by atoms with van der Waals surface area (Å²) in [7, 11) is 0. The van der Waals surface area contributed by atoms with Crippen LogP contribution < -0.4 is 4.74 Å². The molecule has 7 heteroatoms. The number of benzene rings is 1. The van der Waals surface area contributed by atoms with Crippen molar-refractivity contribution in [3.8, 4) is 5.75 Å². The number of carbonyl (C=O) groups excluding carboxylic acids is 1. The topological polar surface area (TPSA) is 35.5 Å². The van der Waals surface area contributed by atoms with Gasteiger partial charge in [0.2, 0.25) is 0 Å². The van der Waals surface area contributed by atoms with Gasteiger partial charge < -0.3 is 9.47 Å². The molecule has 0 heterocycles. The third-order valence-corrected chi connectivity index (χ3v) is 2.80. The first-order valence-corrected chi connectivity index (χ1v) is 5.64. The maximum atomic E-state index is 12.1. The van der Waals surface area contributed by atoms with E-state index in [1.54, 1.807) is 29.5 Å². The van der Waals surface area contributed by atoms with Crippen molar-refractivity contribution in [2.45, 2.75) is 13.3 Å². The first kappa shape index (κ1) is 14.1. The second-order valence-electron chi connectivity index (χ2n) is 2.89. The zero-order valence-electron chi connectivity index (χ0n) is 8.68. The average Bonchev–Trinajstić information content (AvgIpc) is 2.19. The van der Waals surface area contributed by atoms with E-state index in [2.05, 4.69) is 4.74 Å². The number of carbonyl (C=O) groups is 1. The minimum atomic E-state index is -4.78. The average molecular weight is 360 g/mol. The maximum Gasteiger partial charge on any atom is 0.573 e. The van der Waals surface area contributed by atoms with Gasteiger partial charge in [-0.1, -0.05) is 6.07 Å². The minimum absolute atomic E-state index is 0.0502. The molecule has 0 saturated heterocycles. The molecular formula is C10H8F3IO3. The van der Waals surface area contributed by atoms with Crippen LogP contribution in [-0.4, -0.2) is 18.9 Å². The Labute approximate surface area is 109 Å². The molecule has 0 amide bonds. The molecule has 0 aliphatic rings. The number of esters is 1. The predicted molar refractivity (Wildman–Crippen MR) is 61.8 cm³/mol. The van der Waals surface area contributed by atoms with Crippen molar-refractivity contribution in [3.05, 3.63) is 27.3 Å². The fourth-order valence-electron chi connectivity index (χ4n) is 1.08. The van der Waals surface area contributed by atoms with E-state index in [0.29, 0.717) is 0 Å². The standard InChI is InChI=1S/C10H8F3IO3/c1-2-16-9(15)6-4-3-5-7(8(6)14)17-10(11,12)13/h3-5H,2H2,1H3. The Morgan fingerprint density at radius 2 is 2.06 bits per heavy atom. The summed E-state index contributed by atoms with van der Waals surface area (Å²) in [5.41, 5.74) is 0.0502. The van der Waals surface area contributed by atoms with Gasteiger partial charge in [0, 0.05) is 0 Å². The normalized spacial score (nSPS) is 11.1. The van der Waals surface area contributed by atoms with E-state index in [1.165, 1.54) is 12.1 Å². The quantitative estimate of drug-likeness (QED) is 0.613. The fraction of sp³-hybridized carbons (Fsp3) is 0.300. The number of rotatable bonds is 3. The minimum Gasteiger partial charge on any atom is -0.462 e. The summed E-state index contributed by atoms with van der Waals surface area (Å²) in [6.45, 7) is 1.76. The highest BCUT2D eigenvalue weighted by Gasteiger charge is 2.32. The van der Waals surface area contributed by atoms with Gasteiger partial charge in [0.1, 0.15) is 5.75 Å². The molecule has 0 N–H and O–H groups in total. The molecule has 0 atom stereocenters. The van der Waals surface area contributed by atoms with Gasteiger partial charge in [-0.2, -0.15) is 0 Å². The largest absolute Gasteiger partial charge is 0.573 e. The van der Waals surface area contributed by atoms with Crippen LogP contribution in [0.15, 0.2) is 18.2 Å². The fourth-order valence-corrected chi connectivity index (χ4v) is 1.77. The molecule has 1 aromatic carbocycles. The van der Waals surface area contributed by atoms with E-state index in [9.17, 15) is 18.0 Å². The highest BCUT2D eigenvalue weighted by Crippen LogP contribution is 2.30. The molecule has 0 spiro atoms. The van der Waals surface area contributed by atoms with Crippen LogP contribution in [0.5, 0.6) is 5.75 Å². The van der Waals surface area contributed by atoms with Crippen LogP contribution in [0.1, 0.15) is 17.3 Å². The lowest BCUT2D eigenvalue weighted by Gasteiger charge is -2.12. The molecule has 0 aliphatic heterocycles. The highest BCUT2D eigenvalue weighted by molar-refractivity contribution is 14.1. The molecule has 0 aliphatic carbocycles. The van der Waals surface area contributed by atoms with E-state index < -0.39 is 18.1 Å². The molecule has 1 rings (SSSR count). The summed E-state index contributed by atoms with van der Waals surface area (Å²) < 4.78 is 44.8. The summed E-state index contributed by atoms with van der Waals surface area (Å²) >= 11 is 1.61. The molecule has 0 saturated carbocycles. The van der Waals surface area contributed by atoms with Crippen molar-refractivity contribution < 1.29 is 27.4 Å². The van der Waals surface area contributed by atoms with E-state index in [1.807, 2.05) is 0 Å². The van der Waals surface area contributed by atoms with Crippen molar-refractivity contribution in [1.29, 1.82) is 0 Å². The Hall–Kier alpha value is -0.990. The molecule has 0 radical (unpaired) electrons. The monoisotopic (exact) mass is 360 g/mol. The van der Waals surface area contributed by atoms with Gasteiger partial charge in [0.25, 0.3) is 0 Å². The molecule has 0 aromatic heterocycles. The van der Waals surface area contributed by atoms with E-state index in [-0.39, 0.29) is 15.7 Å². The Morgan fingerprint density at radius 1 is 1.41 bits per heavy atom. The molecular weight excluding hydrogens is 352 g/mol. The van der Waals surface area contributed by atoms with Crippen LogP contribution in [-0.2, 0) is 4.74 Å². The smallest absolute Gasteiger partial charge is 0.462 e. The molecule has 0 unspecified atom stereocenters. The molecule has 0 fully saturated rings. The lowest BCUT2D eigenvalue weighted by molar-refractivity contribution is -0.275. The third-order valence-electron chi connectivity index (χ3n) is 1.68. The van der Waals surface area contributed by atoms with Crippen molar-refractivity contribution in [2.24, 2.45) is 0 Å². The Kier molecular flexibility index (Phi) is 4.61. The SMILES string of the molecule is CCOC(=O)c1cccc(OC(F)(F)F)c1I. The predicted octanol–water partition coefficient (Wildman–Crippen LogP) is 3.37. The zero-order chi connectivity index (χ0) is 13.1. The van der Waals surface area contributed by atoms with Crippen molar-refractivity contribution in [1.82, 2.24) is 0 Å². The number of alkyl halides is 3. The van der Waals surface area contributed by atoms with Gasteiger partial charge in [-0.3, -0.25) is 0 Å². The van der Waals surface area contributed by atoms with Crippen molar-refractivity contribution in [2.75, 3.05) is 6.61 Å². The van der Waals surface area contributed by atoms with Crippen LogP contribution in [0, 0.1) is 3.57 Å². The lowest BCUT2D eigenvalue weighted by Crippen LogP contribution is -2.18. The summed E-state index contributed by atoms with van der Waals surface area (Å²) in [5.74, 6) is -1.09. The van der Waals surface area contributed by atoms with Gasteiger partial charge in [-0.15, -0.1) is 13.2 Å². The van der Waals surface area contributed by atoms with Gasteiger partial charge in [-0.25, -0.2) is 4.79 Å². The first-order chi connectivity index (χ1) is 7.85. The number of hydrogen-bond acceptors (Lipinski definition) is 3. The summed E-state index contributed by atoms with van der Waals surface area (Å²) in [5, 5.41) is 0. The zero-order valence-corrected chi connectivity index (χ0v) is 10.8. The van der Waals surface area contributed by atoms with Crippen LogP contribution in [0.3, 0.4) is 0 Å². The van der Waals surface area contributed by atoms with Gasteiger partial charge in [0.05, 0.1) is 15.7 Å². The molecule has 0 bridgehead atoms. The van der Waals surface area contributed by atoms with Gasteiger partial charge in [0.15, 0.2) is 0 Å². The van der Waals surface area contributed by atoms with E-state index >= 15 is 0 Å². The number of hydrogen-bond donors (Lipinski definition) is 0. The Bertz CT molecular complexity index is 418. The van der Waals surface area contributed by atoms with Crippen molar-refractivity contribution >= 4 is 28.6 Å². The Morgan fingerprint density at radius 3 is 2.59 bits per heavy atom. The second-order valence-corrected chi connectivity index (χ2v) is 3.96. The van der Waals surface area contributed by atoms with Crippen LogP contribution in [0.2, 0.25) is 0 Å². The molecule has 3 nitrogen and oxygen atoms in total. The Balaban J connectivity index is 3.03. The number of halogens is 4. The van der Waals surface area contributed by atoms with E-state index in [4.69, 9.17) is 4.74 Å². The van der Waals surface area contributed by atoms with Crippen LogP contribution >= 0.6 is 22.6 Å². The number of ether oxygens (including phenoxy) is 2. The lowest BCUT2D eigenvalue weighted by atomic mass is 10.2. The second kappa shape index (κ2) is 5.56. The summed E-state index contributed by atoms with van der Waals surface area (Å²) in [6.07, 6.45) is -4.78. The van der Waals surface area contributed by atoms with Crippen LogP contribution in [0.4, 0.5) is 13.2 Å². The van der Waals surface area contributed by atoms with Crippen molar-refractivity contribution in [3.63, 3.8) is 0 Å². The molecule has 1 aromatic rings. The van der Waals surface area contributed by atoms with Gasteiger partial charge >= 0.3 is 12.3 Å². The first-order valence-electron chi connectivity index (χ1n) is 4.56. The maximum absolute atomic E-state index is 12.1. The molecule has 17 heavy (non-hydrogen) atoms. The van der Waals surface area contributed by atoms with Gasteiger partial charge in [-0.05, 0) is 41.6 Å². The highest BCUT2D eigenvalue weighted by atomic mass is 127.